The first-order valence-electron chi connectivity index (χ1n) is 10.7. The van der Waals surface area contributed by atoms with Crippen LogP contribution in [0.2, 0.25) is 0 Å². The fourth-order valence-corrected chi connectivity index (χ4v) is 4.20. The van der Waals surface area contributed by atoms with Crippen molar-refractivity contribution in [3.8, 4) is 0 Å². The average Bonchev–Trinajstić information content (AvgIpc) is 2.78. The molecule has 3 heterocycles. The Bertz CT molecular complexity index is 1010. The number of rotatable bonds is 7. The van der Waals surface area contributed by atoms with E-state index in [0.717, 1.165) is 5.69 Å². The smallest absolute Gasteiger partial charge is 0.256 e. The number of ketones is 2. The van der Waals surface area contributed by atoms with Crippen LogP contribution >= 0.6 is 0 Å². The molecule has 0 radical (unpaired) electrons. The van der Waals surface area contributed by atoms with E-state index in [1.165, 1.54) is 24.3 Å². The normalized spacial score (nSPS) is 17.3. The quantitative estimate of drug-likeness (QED) is 0.681. The Labute approximate surface area is 179 Å². The summed E-state index contributed by atoms with van der Waals surface area (Å²) in [6, 6.07) is 5.66. The molecule has 1 N–H and O–H groups in total. The van der Waals surface area contributed by atoms with Gasteiger partial charge in [-0.1, -0.05) is 0 Å². The fraction of sp³-hybridized carbons (Fsp3) is 0.478. The van der Waals surface area contributed by atoms with Crippen molar-refractivity contribution in [3.63, 3.8) is 0 Å². The molecule has 0 aliphatic carbocycles. The Hall–Kier alpha value is -2.71. The highest BCUT2D eigenvalue weighted by atomic mass is 19.1. The number of piperidine rings is 1. The van der Waals surface area contributed by atoms with E-state index in [1.807, 2.05) is 0 Å². The number of halogens is 1. The molecule has 1 saturated heterocycles. The van der Waals surface area contributed by atoms with E-state index in [2.05, 4.69) is 14.9 Å². The molecule has 1 aromatic carbocycles. The van der Waals surface area contributed by atoms with Gasteiger partial charge < -0.3 is 9.72 Å². The van der Waals surface area contributed by atoms with Gasteiger partial charge in [-0.25, -0.2) is 9.37 Å². The minimum absolute atomic E-state index is 0.0406. The molecule has 8 heteroatoms. The van der Waals surface area contributed by atoms with Gasteiger partial charge in [-0.05, 0) is 50.2 Å². The van der Waals surface area contributed by atoms with E-state index in [1.54, 1.807) is 0 Å². The summed E-state index contributed by atoms with van der Waals surface area (Å²) in [4.78, 5) is 46.5. The molecular formula is C23H26FN3O4. The molecule has 2 aliphatic rings. The van der Waals surface area contributed by atoms with E-state index < -0.39 is 0 Å². The Morgan fingerprint density at radius 2 is 1.94 bits per heavy atom. The van der Waals surface area contributed by atoms with Crippen LogP contribution in [0.15, 0.2) is 29.1 Å². The van der Waals surface area contributed by atoms with Gasteiger partial charge in [-0.15, -0.1) is 0 Å². The molecule has 0 amide bonds. The molecule has 0 unspecified atom stereocenters. The first-order chi connectivity index (χ1) is 15.0. The van der Waals surface area contributed by atoms with Crippen LogP contribution in [0, 0.1) is 11.7 Å². The van der Waals surface area contributed by atoms with Crippen LogP contribution in [0.4, 0.5) is 4.39 Å². The molecule has 7 nitrogen and oxygen atoms in total. The molecule has 164 valence electrons. The number of carbonyl (C=O) groups is 2. The summed E-state index contributed by atoms with van der Waals surface area (Å²) >= 11 is 0. The van der Waals surface area contributed by atoms with Crippen LogP contribution in [0.1, 0.15) is 46.7 Å². The summed E-state index contributed by atoms with van der Waals surface area (Å²) in [5.41, 5.74) is 1.71. The van der Waals surface area contributed by atoms with E-state index in [9.17, 15) is 18.8 Å². The number of nitrogens with one attached hydrogen (secondary N) is 1. The molecular weight excluding hydrogens is 401 g/mol. The summed E-state index contributed by atoms with van der Waals surface area (Å²) in [6.07, 6.45) is 2.71. The number of ether oxygens (including phenoxy) is 1. The van der Waals surface area contributed by atoms with Gasteiger partial charge in [0.15, 0.2) is 5.78 Å². The maximum absolute atomic E-state index is 13.1. The molecule has 0 saturated carbocycles. The number of aromatic nitrogens is 2. The topological polar surface area (TPSA) is 92.4 Å². The van der Waals surface area contributed by atoms with Crippen molar-refractivity contribution in [2.24, 2.45) is 5.92 Å². The fourth-order valence-electron chi connectivity index (χ4n) is 4.20. The monoisotopic (exact) mass is 427 g/mol. The Kier molecular flexibility index (Phi) is 6.67. The van der Waals surface area contributed by atoms with Crippen molar-refractivity contribution < 1.29 is 18.7 Å². The zero-order valence-electron chi connectivity index (χ0n) is 17.4. The van der Waals surface area contributed by atoms with E-state index in [4.69, 9.17) is 4.74 Å². The van der Waals surface area contributed by atoms with Gasteiger partial charge in [0.25, 0.3) is 5.56 Å². The van der Waals surface area contributed by atoms with Gasteiger partial charge in [0.1, 0.15) is 17.4 Å². The summed E-state index contributed by atoms with van der Waals surface area (Å²) in [6.45, 7) is 2.53. The number of fused-ring (bicyclic) bond motifs is 1. The molecule has 4 rings (SSSR count). The zero-order valence-corrected chi connectivity index (χ0v) is 17.4. The maximum Gasteiger partial charge on any atom is 0.256 e. The van der Waals surface area contributed by atoms with Crippen molar-refractivity contribution in [2.75, 3.05) is 26.2 Å². The van der Waals surface area contributed by atoms with Crippen LogP contribution in [0.5, 0.6) is 0 Å². The number of nitrogens with zero attached hydrogens (tertiary/aromatic N) is 2. The molecule has 2 aromatic rings. The van der Waals surface area contributed by atoms with Crippen molar-refractivity contribution in [1.29, 1.82) is 0 Å². The third-order valence-electron chi connectivity index (χ3n) is 6.01. The maximum atomic E-state index is 13.1. The number of aryl methyl sites for hydroxylation is 1. The molecule has 0 bridgehead atoms. The van der Waals surface area contributed by atoms with Crippen LogP contribution in [-0.2, 0) is 29.0 Å². The Morgan fingerprint density at radius 1 is 1.19 bits per heavy atom. The third kappa shape index (κ3) is 5.32. The molecule has 1 aromatic heterocycles. The standard InChI is InChI=1S/C23H26FN3O4/c24-17-3-1-15(2-4-17)22(29)16-7-10-27(11-8-16)13-18(28)5-6-21-25-20-9-12-31-14-19(20)23(30)26-21/h1-4,16H,5-14H2,(H,25,26,30). The lowest BCUT2D eigenvalue weighted by molar-refractivity contribution is -0.120. The summed E-state index contributed by atoms with van der Waals surface area (Å²) in [7, 11) is 0. The predicted octanol–water partition coefficient (Wildman–Crippen LogP) is 2.08. The predicted molar refractivity (Wildman–Crippen MR) is 111 cm³/mol. The lowest BCUT2D eigenvalue weighted by Gasteiger charge is -2.30. The van der Waals surface area contributed by atoms with E-state index in [-0.39, 0.29) is 35.5 Å². The lowest BCUT2D eigenvalue weighted by Crippen LogP contribution is -2.39. The number of aromatic amines is 1. The van der Waals surface area contributed by atoms with Crippen molar-refractivity contribution in [2.45, 2.75) is 38.7 Å². The van der Waals surface area contributed by atoms with Gasteiger partial charge in [0.2, 0.25) is 0 Å². The second-order valence-corrected chi connectivity index (χ2v) is 8.20. The number of likely N-dealkylation sites (tertiary alicyclic amines) is 1. The number of carbonyl (C=O) groups excluding carboxylic acids is 2. The summed E-state index contributed by atoms with van der Waals surface area (Å²) < 4.78 is 18.3. The lowest BCUT2D eigenvalue weighted by atomic mass is 9.89. The van der Waals surface area contributed by atoms with Crippen LogP contribution in [0.3, 0.4) is 0 Å². The molecule has 0 atom stereocenters. The Morgan fingerprint density at radius 3 is 2.68 bits per heavy atom. The largest absolute Gasteiger partial charge is 0.376 e. The van der Waals surface area contributed by atoms with Crippen LogP contribution in [0.25, 0.3) is 0 Å². The average molecular weight is 427 g/mol. The minimum atomic E-state index is -0.353. The van der Waals surface area contributed by atoms with E-state index in [0.29, 0.717) is 75.3 Å². The number of hydrogen-bond acceptors (Lipinski definition) is 6. The van der Waals surface area contributed by atoms with Crippen molar-refractivity contribution in [3.05, 3.63) is 63.1 Å². The summed E-state index contributed by atoms with van der Waals surface area (Å²) in [5.74, 6) is 0.229. The van der Waals surface area contributed by atoms with Gasteiger partial charge in [0, 0.05) is 30.7 Å². The van der Waals surface area contributed by atoms with Crippen molar-refractivity contribution >= 4 is 11.6 Å². The number of hydrogen-bond donors (Lipinski definition) is 1. The van der Waals surface area contributed by atoms with Crippen LogP contribution in [-0.4, -0.2) is 52.7 Å². The summed E-state index contributed by atoms with van der Waals surface area (Å²) in [5, 5.41) is 0. The van der Waals surface area contributed by atoms with Gasteiger partial charge >= 0.3 is 0 Å². The minimum Gasteiger partial charge on any atom is -0.376 e. The highest BCUT2D eigenvalue weighted by molar-refractivity contribution is 5.97. The van der Waals surface area contributed by atoms with Gasteiger partial charge in [0.05, 0.1) is 31.0 Å². The molecule has 2 aliphatic heterocycles. The highest BCUT2D eigenvalue weighted by Gasteiger charge is 2.26. The SMILES string of the molecule is O=C(CCc1nc2c(c(=O)[nH]1)COCC2)CN1CCC(C(=O)c2ccc(F)cc2)CC1. The molecule has 0 spiro atoms. The first-order valence-corrected chi connectivity index (χ1v) is 10.7. The highest BCUT2D eigenvalue weighted by Crippen LogP contribution is 2.22. The van der Waals surface area contributed by atoms with Gasteiger partial charge in [-0.3, -0.25) is 19.3 Å². The second kappa shape index (κ2) is 9.62. The Balaban J connectivity index is 1.24. The van der Waals surface area contributed by atoms with Gasteiger partial charge in [-0.2, -0.15) is 0 Å². The third-order valence-corrected chi connectivity index (χ3v) is 6.01. The number of Topliss-reactive ketones (excluding diaryl/α,β-unsaturated/α-hetero) is 2. The number of H-pyrrole nitrogens is 1. The molecule has 31 heavy (non-hydrogen) atoms. The van der Waals surface area contributed by atoms with Crippen LogP contribution < -0.4 is 5.56 Å². The van der Waals surface area contributed by atoms with Crippen molar-refractivity contribution in [1.82, 2.24) is 14.9 Å². The number of benzene rings is 1. The van der Waals surface area contributed by atoms with E-state index >= 15 is 0 Å². The second-order valence-electron chi connectivity index (χ2n) is 8.20. The first kappa shape index (κ1) is 21.5. The zero-order chi connectivity index (χ0) is 21.8. The molecule has 1 fully saturated rings.